The number of hydrogen-bond acceptors (Lipinski definition) is 4. The molecule has 0 spiro atoms. The Labute approximate surface area is 92.3 Å². The number of piperidine rings is 1. The van der Waals surface area contributed by atoms with Gasteiger partial charge in [0.15, 0.2) is 0 Å². The van der Waals surface area contributed by atoms with Gasteiger partial charge in [0.25, 0.3) is 0 Å². The molecule has 2 N–H and O–H groups in total. The third-order valence-electron chi connectivity index (χ3n) is 2.92. The van der Waals surface area contributed by atoms with Crippen LogP contribution in [-0.2, 0) is 10.0 Å². The zero-order valence-electron chi connectivity index (χ0n) is 9.52. The quantitative estimate of drug-likeness (QED) is 0.700. The van der Waals surface area contributed by atoms with E-state index in [0.717, 1.165) is 12.8 Å². The van der Waals surface area contributed by atoms with Crippen molar-refractivity contribution in [2.45, 2.75) is 18.9 Å². The molecule has 0 bridgehead atoms. The highest BCUT2D eigenvalue weighted by molar-refractivity contribution is 7.89. The Morgan fingerprint density at radius 2 is 1.87 bits per heavy atom. The maximum Gasteiger partial charge on any atom is 0.215 e. The molecule has 1 aliphatic rings. The van der Waals surface area contributed by atoms with Crippen LogP contribution in [0.15, 0.2) is 0 Å². The van der Waals surface area contributed by atoms with Gasteiger partial charge in [-0.05, 0) is 26.9 Å². The molecule has 1 saturated heterocycles. The van der Waals surface area contributed by atoms with E-state index < -0.39 is 10.0 Å². The molecule has 0 unspecified atom stereocenters. The van der Waals surface area contributed by atoms with Gasteiger partial charge in [0.05, 0.1) is 5.75 Å². The number of sulfonamides is 1. The van der Waals surface area contributed by atoms with Crippen LogP contribution in [0, 0.1) is 0 Å². The molecule has 1 rings (SSSR count). The van der Waals surface area contributed by atoms with Crippen LogP contribution in [0.2, 0.25) is 0 Å². The second-order valence-corrected chi connectivity index (χ2v) is 6.29. The van der Waals surface area contributed by atoms with Gasteiger partial charge in [-0.3, -0.25) is 0 Å². The normalized spacial score (nSPS) is 21.1. The molecule has 0 radical (unpaired) electrons. The van der Waals surface area contributed by atoms with Crippen LogP contribution >= 0.6 is 0 Å². The molecule has 0 aromatic carbocycles. The fraction of sp³-hybridized carbons (Fsp3) is 1.00. The third-order valence-corrected chi connectivity index (χ3v) is 4.83. The first-order chi connectivity index (χ1) is 6.97. The molecule has 0 amide bonds. The molecule has 1 heterocycles. The van der Waals surface area contributed by atoms with E-state index in [2.05, 4.69) is 4.90 Å². The van der Waals surface area contributed by atoms with Crippen molar-refractivity contribution in [3.63, 3.8) is 0 Å². The van der Waals surface area contributed by atoms with Crippen LogP contribution in [0.1, 0.15) is 12.8 Å². The highest BCUT2D eigenvalue weighted by Gasteiger charge is 2.27. The van der Waals surface area contributed by atoms with Crippen LogP contribution in [0.25, 0.3) is 0 Å². The Morgan fingerprint density at radius 3 is 2.27 bits per heavy atom. The number of hydrogen-bond donors (Lipinski definition) is 1. The minimum absolute atomic E-state index is 0.0691. The van der Waals surface area contributed by atoms with Crippen molar-refractivity contribution in [1.29, 1.82) is 0 Å². The Kier molecular flexibility index (Phi) is 4.51. The lowest BCUT2D eigenvalue weighted by molar-refractivity contribution is 0.196. The van der Waals surface area contributed by atoms with Crippen molar-refractivity contribution in [3.05, 3.63) is 0 Å². The zero-order valence-corrected chi connectivity index (χ0v) is 10.3. The van der Waals surface area contributed by atoms with Gasteiger partial charge in [-0.15, -0.1) is 0 Å². The first-order valence-corrected chi connectivity index (χ1v) is 6.92. The third kappa shape index (κ3) is 3.41. The second-order valence-electron chi connectivity index (χ2n) is 4.20. The predicted molar refractivity (Wildman–Crippen MR) is 61.1 cm³/mol. The summed E-state index contributed by atoms with van der Waals surface area (Å²) >= 11 is 0. The fourth-order valence-electron chi connectivity index (χ4n) is 1.91. The minimum Gasteiger partial charge on any atom is -0.329 e. The summed E-state index contributed by atoms with van der Waals surface area (Å²) in [5.74, 6) is 0.0691. The topological polar surface area (TPSA) is 66.6 Å². The number of rotatable bonds is 4. The van der Waals surface area contributed by atoms with Crippen molar-refractivity contribution in [3.8, 4) is 0 Å². The first-order valence-electron chi connectivity index (χ1n) is 5.31. The molecule has 0 aromatic rings. The summed E-state index contributed by atoms with van der Waals surface area (Å²) < 4.78 is 25.0. The molecule has 0 aliphatic carbocycles. The summed E-state index contributed by atoms with van der Waals surface area (Å²) in [4.78, 5) is 2.16. The SMILES string of the molecule is CN(C)C1CCN(S(=O)(=O)CCN)CC1. The Morgan fingerprint density at radius 1 is 1.33 bits per heavy atom. The van der Waals surface area contributed by atoms with Crippen molar-refractivity contribution >= 4 is 10.0 Å². The molecular weight excluding hydrogens is 214 g/mol. The molecule has 5 nitrogen and oxygen atoms in total. The van der Waals surface area contributed by atoms with Gasteiger partial charge < -0.3 is 10.6 Å². The van der Waals surface area contributed by atoms with Gasteiger partial charge in [-0.1, -0.05) is 0 Å². The molecule has 0 atom stereocenters. The van der Waals surface area contributed by atoms with Crippen LogP contribution in [0.3, 0.4) is 0 Å². The maximum atomic E-state index is 11.7. The van der Waals surface area contributed by atoms with E-state index in [0.29, 0.717) is 19.1 Å². The summed E-state index contributed by atoms with van der Waals surface area (Å²) in [6.45, 7) is 1.46. The zero-order chi connectivity index (χ0) is 11.5. The lowest BCUT2D eigenvalue weighted by Crippen LogP contribution is -2.45. The lowest BCUT2D eigenvalue weighted by Gasteiger charge is -2.34. The van der Waals surface area contributed by atoms with Crippen molar-refractivity contribution in [2.75, 3.05) is 39.5 Å². The van der Waals surface area contributed by atoms with Gasteiger partial charge in [0, 0.05) is 25.7 Å². The summed E-state index contributed by atoms with van der Waals surface area (Å²) in [5.41, 5.74) is 5.28. The molecule has 6 heteroatoms. The Bertz CT molecular complexity index is 282. The van der Waals surface area contributed by atoms with Crippen LogP contribution < -0.4 is 5.73 Å². The van der Waals surface area contributed by atoms with Crippen molar-refractivity contribution in [1.82, 2.24) is 9.21 Å². The van der Waals surface area contributed by atoms with Gasteiger partial charge in [0.2, 0.25) is 10.0 Å². The summed E-state index contributed by atoms with van der Waals surface area (Å²) in [6, 6.07) is 0.509. The fourth-order valence-corrected chi connectivity index (χ4v) is 3.24. The van der Waals surface area contributed by atoms with Crippen LogP contribution in [0.5, 0.6) is 0 Å². The largest absolute Gasteiger partial charge is 0.329 e. The van der Waals surface area contributed by atoms with E-state index in [4.69, 9.17) is 5.73 Å². The molecule has 0 aromatic heterocycles. The summed E-state index contributed by atoms with van der Waals surface area (Å²) in [7, 11) is 0.980. The van der Waals surface area contributed by atoms with Crippen LogP contribution in [-0.4, -0.2) is 63.1 Å². The molecular formula is C9H21N3O2S. The highest BCUT2D eigenvalue weighted by atomic mass is 32.2. The van der Waals surface area contributed by atoms with Gasteiger partial charge in [-0.2, -0.15) is 0 Å². The average molecular weight is 235 g/mol. The van der Waals surface area contributed by atoms with E-state index in [9.17, 15) is 8.42 Å². The van der Waals surface area contributed by atoms with E-state index >= 15 is 0 Å². The molecule has 1 aliphatic heterocycles. The lowest BCUT2D eigenvalue weighted by atomic mass is 10.1. The van der Waals surface area contributed by atoms with Crippen molar-refractivity contribution < 1.29 is 8.42 Å². The van der Waals surface area contributed by atoms with Crippen molar-refractivity contribution in [2.24, 2.45) is 5.73 Å². The van der Waals surface area contributed by atoms with E-state index in [-0.39, 0.29) is 12.3 Å². The summed E-state index contributed by atoms with van der Waals surface area (Å²) in [5, 5.41) is 0. The predicted octanol–water partition coefficient (Wildman–Crippen LogP) is -0.699. The summed E-state index contributed by atoms with van der Waals surface area (Å²) in [6.07, 6.45) is 1.83. The molecule has 15 heavy (non-hydrogen) atoms. The molecule has 90 valence electrons. The van der Waals surface area contributed by atoms with Gasteiger partial charge in [0.1, 0.15) is 0 Å². The Hall–Kier alpha value is -0.170. The second kappa shape index (κ2) is 5.25. The molecule has 1 fully saturated rings. The first kappa shape index (κ1) is 12.9. The van der Waals surface area contributed by atoms with E-state index in [1.807, 2.05) is 14.1 Å². The maximum absolute atomic E-state index is 11.7. The van der Waals surface area contributed by atoms with Gasteiger partial charge >= 0.3 is 0 Å². The van der Waals surface area contributed by atoms with E-state index in [1.165, 1.54) is 0 Å². The van der Waals surface area contributed by atoms with E-state index in [1.54, 1.807) is 4.31 Å². The van der Waals surface area contributed by atoms with Gasteiger partial charge in [-0.25, -0.2) is 12.7 Å². The molecule has 0 saturated carbocycles. The minimum atomic E-state index is -3.09. The number of nitrogens with two attached hydrogens (primary N) is 1. The highest BCUT2D eigenvalue weighted by Crippen LogP contribution is 2.16. The van der Waals surface area contributed by atoms with Crippen LogP contribution in [0.4, 0.5) is 0 Å². The number of nitrogens with zero attached hydrogens (tertiary/aromatic N) is 2. The monoisotopic (exact) mass is 235 g/mol. The smallest absolute Gasteiger partial charge is 0.215 e. The average Bonchev–Trinajstić information content (AvgIpc) is 2.18. The Balaban J connectivity index is 2.50. The standard InChI is InChI=1S/C9H21N3O2S/c1-11(2)9-3-6-12(7-4-9)15(13,14)8-5-10/h9H,3-8,10H2,1-2H3.